The average Bonchev–Trinajstić information content (AvgIpc) is 3.66. The molecule has 4 rings (SSSR count). The van der Waals surface area contributed by atoms with E-state index in [1.165, 1.54) is 0 Å². The number of nitriles is 1. The Morgan fingerprint density at radius 1 is 1.19 bits per heavy atom. The molecule has 16 heteroatoms. The maximum absolute atomic E-state index is 13.3. The number of amides is 2. The summed E-state index contributed by atoms with van der Waals surface area (Å²) in [6, 6.07) is 1.80. The number of nitrogens with one attached hydrogen (secondary N) is 2. The first-order valence-corrected chi connectivity index (χ1v) is 13.2. The Kier molecular flexibility index (Phi) is 5.75. The minimum absolute atomic E-state index is 0.00479. The van der Waals surface area contributed by atoms with Gasteiger partial charge in [-0.2, -0.15) is 10.4 Å². The summed E-state index contributed by atoms with van der Waals surface area (Å²) >= 11 is 12.0. The Hall–Kier alpha value is -2.76. The van der Waals surface area contributed by atoms with Crippen LogP contribution in [0.1, 0.15) is 36.9 Å². The van der Waals surface area contributed by atoms with Gasteiger partial charge in [-0.3, -0.25) is 9.59 Å². The van der Waals surface area contributed by atoms with Crippen molar-refractivity contribution in [3.05, 3.63) is 33.4 Å². The number of primary amides is 1. The van der Waals surface area contributed by atoms with Gasteiger partial charge in [-0.05, 0) is 43.7 Å². The molecule has 0 radical (unpaired) electrons. The summed E-state index contributed by atoms with van der Waals surface area (Å²) in [5.74, 6) is -0.992. The number of benzene rings is 1. The van der Waals surface area contributed by atoms with E-state index in [1.54, 1.807) is 6.07 Å². The van der Waals surface area contributed by atoms with Crippen molar-refractivity contribution in [2.24, 2.45) is 11.7 Å². The van der Waals surface area contributed by atoms with Gasteiger partial charge in [-0.25, -0.2) is 4.68 Å². The van der Waals surface area contributed by atoms with Crippen molar-refractivity contribution < 1.29 is 29.0 Å². The highest BCUT2D eigenvalue weighted by Gasteiger charge is 2.65. The molecule has 2 amide bonds. The lowest BCUT2D eigenvalue weighted by Gasteiger charge is -2.40. The normalized spacial score (nSPS) is 18.5. The second-order valence-electron chi connectivity index (χ2n) is 8.85. The van der Waals surface area contributed by atoms with Crippen LogP contribution in [0.5, 0.6) is 0 Å². The molecular formula is C20H19Cl2F5N6O2S. The van der Waals surface area contributed by atoms with Crippen LogP contribution in [0, 0.1) is 17.2 Å². The smallest absolute Gasteiger partial charge is 0.310 e. The number of aromatic nitrogens is 2. The number of nitrogens with two attached hydrogens (primary N) is 1. The highest BCUT2D eigenvalue weighted by molar-refractivity contribution is 8.45. The molecular weight excluding hydrogens is 554 g/mol. The van der Waals surface area contributed by atoms with Crippen molar-refractivity contribution >= 4 is 51.1 Å². The molecule has 0 atom stereocenters. The highest BCUT2D eigenvalue weighted by Crippen LogP contribution is 3.02. The summed E-state index contributed by atoms with van der Waals surface area (Å²) in [6.07, 6.45) is 2.47. The Labute approximate surface area is 211 Å². The second-order valence-corrected chi connectivity index (χ2v) is 12.1. The van der Waals surface area contributed by atoms with Gasteiger partial charge in [-0.15, -0.1) is 0 Å². The van der Waals surface area contributed by atoms with Crippen LogP contribution in [-0.4, -0.2) is 34.7 Å². The highest BCUT2D eigenvalue weighted by atomic mass is 35.5. The first-order chi connectivity index (χ1) is 16.5. The van der Waals surface area contributed by atoms with Gasteiger partial charge in [0.25, 0.3) is 0 Å². The van der Waals surface area contributed by atoms with Gasteiger partial charge < -0.3 is 16.4 Å². The fourth-order valence-corrected chi connectivity index (χ4v) is 5.25. The van der Waals surface area contributed by atoms with Crippen molar-refractivity contribution in [3.63, 3.8) is 0 Å². The summed E-state index contributed by atoms with van der Waals surface area (Å²) < 4.78 is 67.6. The van der Waals surface area contributed by atoms with Crippen LogP contribution in [-0.2, 0) is 15.0 Å². The summed E-state index contributed by atoms with van der Waals surface area (Å²) in [5, 5.41) is 17.4. The molecule has 196 valence electrons. The third kappa shape index (κ3) is 5.05. The largest absolute Gasteiger partial charge is 0.369 e. The van der Waals surface area contributed by atoms with Crippen LogP contribution in [0.2, 0.25) is 10.0 Å². The van der Waals surface area contributed by atoms with Crippen molar-refractivity contribution in [1.82, 2.24) is 15.1 Å². The summed E-state index contributed by atoms with van der Waals surface area (Å²) in [5.41, 5.74) is 3.46. The van der Waals surface area contributed by atoms with E-state index in [0.29, 0.717) is 12.5 Å². The number of rotatable bonds is 9. The predicted octanol–water partition coefficient (Wildman–Crippen LogP) is 5.16. The number of anilines is 1. The molecule has 0 aliphatic heterocycles. The summed E-state index contributed by atoms with van der Waals surface area (Å²) in [6.45, 7) is 0.0820. The molecule has 2 aliphatic carbocycles. The van der Waals surface area contributed by atoms with Crippen molar-refractivity contribution in [1.29, 1.82) is 5.26 Å². The first-order valence-electron chi connectivity index (χ1n) is 10.5. The van der Waals surface area contributed by atoms with Crippen molar-refractivity contribution in [2.75, 3.05) is 18.4 Å². The number of hydrogen-bond donors (Lipinski definition) is 3. The molecule has 2 aromatic rings. The average molecular weight is 573 g/mol. The van der Waals surface area contributed by atoms with Crippen LogP contribution < -0.4 is 16.4 Å². The van der Waals surface area contributed by atoms with Crippen LogP contribution in [0.3, 0.4) is 0 Å². The van der Waals surface area contributed by atoms with Gasteiger partial charge in [0, 0.05) is 12.1 Å². The predicted molar refractivity (Wildman–Crippen MR) is 124 cm³/mol. The Morgan fingerprint density at radius 3 is 2.22 bits per heavy atom. The third-order valence-electron chi connectivity index (χ3n) is 6.04. The monoisotopic (exact) mass is 572 g/mol. The van der Waals surface area contributed by atoms with Gasteiger partial charge in [-0.1, -0.05) is 42.6 Å². The standard InChI is InChI=1S/C20H19Cl2F5N6O2S/c21-12-5-11(36(23,24,25,26)27)6-13(22)17(12)33-18(31-9-15(34)30-8-10-1-2-10)16(14(7-28)32-33)20(3-4-20)19(29)35/h5-6,10,31H,1-4,8-9H2,(H2,29,35)(H,30,34). The van der Waals surface area contributed by atoms with Gasteiger partial charge in [0.05, 0.1) is 22.0 Å². The number of carbonyl (C=O) groups excluding carboxylic acids is 2. The Morgan fingerprint density at radius 2 is 1.78 bits per heavy atom. The molecule has 2 fully saturated rings. The number of carbonyl (C=O) groups is 2. The van der Waals surface area contributed by atoms with E-state index in [4.69, 9.17) is 28.9 Å². The third-order valence-corrected chi connectivity index (χ3v) is 7.74. The van der Waals surface area contributed by atoms with Gasteiger partial charge in [0.2, 0.25) is 11.8 Å². The van der Waals surface area contributed by atoms with Crippen molar-refractivity contribution in [3.8, 4) is 11.8 Å². The van der Waals surface area contributed by atoms with Crippen LogP contribution in [0.4, 0.5) is 25.2 Å². The van der Waals surface area contributed by atoms with E-state index in [9.17, 15) is 34.3 Å². The lowest BCUT2D eigenvalue weighted by molar-refractivity contribution is -0.120. The maximum atomic E-state index is 13.3. The van der Waals surface area contributed by atoms with Gasteiger partial charge >= 0.3 is 10.2 Å². The molecule has 2 aliphatic rings. The molecule has 1 aromatic carbocycles. The van der Waals surface area contributed by atoms with Crippen LogP contribution in [0.25, 0.3) is 5.69 Å². The van der Waals surface area contributed by atoms with E-state index in [-0.39, 0.29) is 48.6 Å². The van der Waals surface area contributed by atoms with Crippen LogP contribution >= 0.6 is 33.4 Å². The minimum atomic E-state index is -10.1. The molecule has 36 heavy (non-hydrogen) atoms. The fourth-order valence-electron chi connectivity index (χ4n) is 3.79. The zero-order chi connectivity index (χ0) is 26.7. The Balaban J connectivity index is 1.83. The molecule has 0 spiro atoms. The molecule has 2 saturated carbocycles. The molecule has 0 unspecified atom stereocenters. The Bertz CT molecular complexity index is 1310. The molecule has 1 heterocycles. The van der Waals surface area contributed by atoms with Crippen molar-refractivity contribution in [2.45, 2.75) is 36.0 Å². The fraction of sp³-hybridized carbons (Fsp3) is 0.400. The van der Waals surface area contributed by atoms with E-state index in [2.05, 4.69) is 15.7 Å². The molecule has 0 saturated heterocycles. The summed E-state index contributed by atoms with van der Waals surface area (Å²) in [4.78, 5) is 22.3. The number of hydrogen-bond acceptors (Lipinski definition) is 5. The summed E-state index contributed by atoms with van der Waals surface area (Å²) in [7, 11) is -10.1. The van der Waals surface area contributed by atoms with E-state index in [1.807, 2.05) is 0 Å². The maximum Gasteiger partial charge on any atom is 0.310 e. The van der Waals surface area contributed by atoms with Crippen LogP contribution in [0.15, 0.2) is 17.0 Å². The second kappa shape index (κ2) is 7.87. The van der Waals surface area contributed by atoms with E-state index >= 15 is 0 Å². The number of nitrogens with zero attached hydrogens (tertiary/aromatic N) is 3. The lowest BCUT2D eigenvalue weighted by Crippen LogP contribution is -2.33. The SMILES string of the molecule is N#Cc1nn(-c2c(Cl)cc(S(F)(F)(F)(F)F)cc2Cl)c(NCC(=O)NCC2CC2)c1C1(C(N)=O)CC1. The molecule has 8 nitrogen and oxygen atoms in total. The molecule has 0 bridgehead atoms. The topological polar surface area (TPSA) is 126 Å². The first kappa shape index (κ1) is 26.3. The zero-order valence-electron chi connectivity index (χ0n) is 18.3. The molecule has 1 aromatic heterocycles. The van der Waals surface area contributed by atoms with E-state index < -0.39 is 48.1 Å². The van der Waals surface area contributed by atoms with Gasteiger partial charge in [0.15, 0.2) is 5.69 Å². The lowest BCUT2D eigenvalue weighted by atomic mass is 9.94. The minimum Gasteiger partial charge on any atom is -0.369 e. The zero-order valence-corrected chi connectivity index (χ0v) is 20.6. The van der Waals surface area contributed by atoms with E-state index in [0.717, 1.165) is 17.5 Å². The van der Waals surface area contributed by atoms with Gasteiger partial charge in [0.1, 0.15) is 22.5 Å². The number of halogens is 7. The quantitative estimate of drug-likeness (QED) is 0.358. The molecule has 4 N–H and O–H groups in total.